The topological polar surface area (TPSA) is 137 Å². The van der Waals surface area contributed by atoms with Crippen LogP contribution in [0.1, 0.15) is 6.42 Å². The van der Waals surface area contributed by atoms with Crippen LogP contribution in [0.2, 0.25) is 0 Å². The molecule has 5 unspecified atom stereocenters. The van der Waals surface area contributed by atoms with Gasteiger partial charge in [-0.3, -0.25) is 4.57 Å². The van der Waals surface area contributed by atoms with Crippen LogP contribution >= 0.6 is 7.60 Å². The van der Waals surface area contributed by atoms with Crippen molar-refractivity contribution in [2.45, 2.75) is 37.1 Å². The molecule has 8 nitrogen and oxygen atoms in total. The first-order valence-corrected chi connectivity index (χ1v) is 6.83. The van der Waals surface area contributed by atoms with Gasteiger partial charge in [0, 0.05) is 7.11 Å². The van der Waals surface area contributed by atoms with Gasteiger partial charge in [-0.1, -0.05) is 0 Å². The van der Waals surface area contributed by atoms with Gasteiger partial charge in [0.25, 0.3) is 0 Å². The molecule has 0 aromatic carbocycles. The fraction of sp³-hybridized carbons (Fsp3) is 1.00. The van der Waals surface area contributed by atoms with Crippen molar-refractivity contribution in [3.63, 3.8) is 0 Å². The predicted molar refractivity (Wildman–Crippen MR) is 55.2 cm³/mol. The summed E-state index contributed by atoms with van der Waals surface area (Å²) in [4.78, 5) is 17.4. The average Bonchev–Trinajstić information content (AvgIpc) is 2.24. The van der Waals surface area contributed by atoms with E-state index in [0.717, 1.165) is 0 Å². The first-order valence-electron chi connectivity index (χ1n) is 5.03. The van der Waals surface area contributed by atoms with Crippen LogP contribution in [-0.4, -0.2) is 69.1 Å². The zero-order valence-electron chi connectivity index (χ0n) is 9.21. The van der Waals surface area contributed by atoms with Crippen LogP contribution in [0.15, 0.2) is 0 Å². The standard InChI is InChI=1S/C8H17O8P/c1-15-8-7(11)6(10)5(9)4(16-8)2-3-17(12,13)14/h4-11H,2-3H2,1H3,(H2,12,13,14). The summed E-state index contributed by atoms with van der Waals surface area (Å²) >= 11 is 0. The largest absolute Gasteiger partial charge is 0.388 e. The van der Waals surface area contributed by atoms with E-state index in [0.29, 0.717) is 0 Å². The lowest BCUT2D eigenvalue weighted by Gasteiger charge is -2.39. The highest BCUT2D eigenvalue weighted by Crippen LogP contribution is 2.37. The predicted octanol–water partition coefficient (Wildman–Crippen LogP) is -1.99. The highest BCUT2D eigenvalue weighted by atomic mass is 31.2. The van der Waals surface area contributed by atoms with E-state index in [1.165, 1.54) is 7.11 Å². The van der Waals surface area contributed by atoms with Gasteiger partial charge in [0.15, 0.2) is 6.29 Å². The van der Waals surface area contributed by atoms with Crippen LogP contribution in [0.5, 0.6) is 0 Å². The Morgan fingerprint density at radius 2 is 1.76 bits per heavy atom. The van der Waals surface area contributed by atoms with E-state index in [1.807, 2.05) is 0 Å². The van der Waals surface area contributed by atoms with E-state index < -0.39 is 44.5 Å². The normalized spacial score (nSPS) is 39.3. The molecule has 9 heteroatoms. The summed E-state index contributed by atoms with van der Waals surface area (Å²) in [6.45, 7) is 0. The van der Waals surface area contributed by atoms with Gasteiger partial charge >= 0.3 is 7.60 Å². The average molecular weight is 272 g/mol. The van der Waals surface area contributed by atoms with Crippen LogP contribution in [0.4, 0.5) is 0 Å². The van der Waals surface area contributed by atoms with E-state index in [-0.39, 0.29) is 6.42 Å². The Bertz CT molecular complexity index is 289. The Kier molecular flexibility index (Phi) is 5.06. The summed E-state index contributed by atoms with van der Waals surface area (Å²) in [6, 6.07) is 0. The molecule has 1 heterocycles. The highest BCUT2D eigenvalue weighted by molar-refractivity contribution is 7.51. The molecule has 0 amide bonds. The van der Waals surface area contributed by atoms with E-state index in [1.54, 1.807) is 0 Å². The number of hydrogen-bond acceptors (Lipinski definition) is 6. The number of rotatable bonds is 4. The van der Waals surface area contributed by atoms with Crippen molar-refractivity contribution < 1.29 is 39.1 Å². The summed E-state index contributed by atoms with van der Waals surface area (Å²) in [6.07, 6.45) is -7.04. The number of aliphatic hydroxyl groups is 3. The molecule has 0 saturated carbocycles. The minimum absolute atomic E-state index is 0.144. The Morgan fingerprint density at radius 1 is 1.18 bits per heavy atom. The SMILES string of the molecule is COC1OC(CCP(=O)(O)O)C(O)C(O)C1O. The first-order chi connectivity index (χ1) is 7.76. The molecular weight excluding hydrogens is 255 g/mol. The van der Waals surface area contributed by atoms with Crippen molar-refractivity contribution >= 4 is 7.60 Å². The van der Waals surface area contributed by atoms with Crippen molar-refractivity contribution in [3.05, 3.63) is 0 Å². The van der Waals surface area contributed by atoms with E-state index in [2.05, 4.69) is 0 Å². The zero-order valence-corrected chi connectivity index (χ0v) is 10.1. The lowest BCUT2D eigenvalue weighted by molar-refractivity contribution is -0.289. The third-order valence-corrected chi connectivity index (χ3v) is 3.45. The van der Waals surface area contributed by atoms with Crippen molar-refractivity contribution in [1.29, 1.82) is 0 Å². The third kappa shape index (κ3) is 3.97. The zero-order chi connectivity index (χ0) is 13.2. The molecule has 17 heavy (non-hydrogen) atoms. The van der Waals surface area contributed by atoms with Crippen LogP contribution in [0.25, 0.3) is 0 Å². The monoisotopic (exact) mass is 272 g/mol. The fourth-order valence-corrected chi connectivity index (χ4v) is 2.24. The van der Waals surface area contributed by atoms with Gasteiger partial charge in [-0.2, -0.15) is 0 Å². The second kappa shape index (κ2) is 5.73. The molecule has 5 atom stereocenters. The summed E-state index contributed by atoms with van der Waals surface area (Å²) in [5.41, 5.74) is 0. The van der Waals surface area contributed by atoms with Gasteiger partial charge in [-0.25, -0.2) is 0 Å². The number of ether oxygens (including phenoxy) is 2. The summed E-state index contributed by atoms with van der Waals surface area (Å²) < 4.78 is 20.5. The lowest BCUT2D eigenvalue weighted by atomic mass is 9.97. The molecule has 1 fully saturated rings. The molecule has 0 aromatic rings. The molecule has 0 aromatic heterocycles. The second-order valence-corrected chi connectivity index (χ2v) is 5.70. The smallest absolute Gasteiger partial charge is 0.325 e. The van der Waals surface area contributed by atoms with E-state index in [9.17, 15) is 19.9 Å². The molecule has 1 rings (SSSR count). The molecule has 1 saturated heterocycles. The second-order valence-electron chi connectivity index (χ2n) is 3.93. The Morgan fingerprint density at radius 3 is 2.24 bits per heavy atom. The highest BCUT2D eigenvalue weighted by Gasteiger charge is 2.44. The van der Waals surface area contributed by atoms with Crippen molar-refractivity contribution in [2.24, 2.45) is 0 Å². The molecule has 0 radical (unpaired) electrons. The number of hydrogen-bond donors (Lipinski definition) is 5. The molecule has 5 N–H and O–H groups in total. The minimum atomic E-state index is -4.20. The number of methoxy groups -OCH3 is 1. The van der Waals surface area contributed by atoms with Crippen LogP contribution in [0, 0.1) is 0 Å². The van der Waals surface area contributed by atoms with Gasteiger partial charge < -0.3 is 34.6 Å². The van der Waals surface area contributed by atoms with Crippen molar-refractivity contribution in [3.8, 4) is 0 Å². The summed E-state index contributed by atoms with van der Waals surface area (Å²) in [7, 11) is -2.95. The van der Waals surface area contributed by atoms with Gasteiger partial charge in [0.05, 0.1) is 12.3 Å². The third-order valence-electron chi connectivity index (χ3n) is 2.61. The van der Waals surface area contributed by atoms with Crippen molar-refractivity contribution in [2.75, 3.05) is 13.3 Å². The molecule has 1 aliphatic rings. The molecule has 1 aliphatic heterocycles. The van der Waals surface area contributed by atoms with Gasteiger partial charge in [0.2, 0.25) is 0 Å². The Hall–Kier alpha value is -0.0500. The maximum absolute atomic E-state index is 10.7. The lowest BCUT2D eigenvalue weighted by Crippen LogP contribution is -2.58. The van der Waals surface area contributed by atoms with Crippen LogP contribution < -0.4 is 0 Å². The van der Waals surface area contributed by atoms with Crippen LogP contribution in [0.3, 0.4) is 0 Å². The van der Waals surface area contributed by atoms with Crippen LogP contribution in [-0.2, 0) is 14.0 Å². The van der Waals surface area contributed by atoms with Gasteiger partial charge in [0.1, 0.15) is 18.3 Å². The molecule has 102 valence electrons. The quantitative estimate of drug-likeness (QED) is 0.371. The molecule has 0 spiro atoms. The molecular formula is C8H17O8P. The maximum atomic E-state index is 10.7. The van der Waals surface area contributed by atoms with Gasteiger partial charge in [-0.15, -0.1) is 0 Å². The maximum Gasteiger partial charge on any atom is 0.325 e. The molecule has 0 aliphatic carbocycles. The summed E-state index contributed by atoms with van der Waals surface area (Å²) in [5.74, 6) is 0. The minimum Gasteiger partial charge on any atom is -0.388 e. The van der Waals surface area contributed by atoms with Crippen molar-refractivity contribution in [1.82, 2.24) is 0 Å². The fourth-order valence-electron chi connectivity index (χ4n) is 1.65. The first kappa shape index (κ1) is 15.0. The van der Waals surface area contributed by atoms with Gasteiger partial charge in [-0.05, 0) is 6.42 Å². The Labute approximate surface area is 97.9 Å². The Balaban J connectivity index is 2.62. The van der Waals surface area contributed by atoms with E-state index >= 15 is 0 Å². The van der Waals surface area contributed by atoms with E-state index in [4.69, 9.17) is 19.3 Å². The molecule has 0 bridgehead atoms. The summed E-state index contributed by atoms with van der Waals surface area (Å²) in [5, 5.41) is 28.5. The number of aliphatic hydroxyl groups excluding tert-OH is 3.